The van der Waals surface area contributed by atoms with E-state index in [0.29, 0.717) is 12.3 Å². The van der Waals surface area contributed by atoms with Gasteiger partial charge in [0.2, 0.25) is 0 Å². The molecule has 1 amide bonds. The standard InChI is InChI=1S/C24H47NO6Si/c1-10-32(11-2,12-3)31-18(6)22(25-23(29)30-24(7,8)9)20(26)16-19(15-17(4)5)13-14-21(27)28/h17-19,22H,10-16H2,1-9H3,(H,25,29)(H,27,28)/t18-,19-,22+/m1/s1. The second-order valence-electron chi connectivity index (χ2n) is 10.3. The molecule has 0 unspecified atom stereocenters. The number of hydrogen-bond donors (Lipinski definition) is 2. The summed E-state index contributed by atoms with van der Waals surface area (Å²) in [5, 5.41) is 11.9. The molecule has 0 aliphatic carbocycles. The Labute approximate surface area is 196 Å². The molecule has 0 spiro atoms. The lowest BCUT2D eigenvalue weighted by atomic mass is 9.86. The molecule has 0 rings (SSSR count). The minimum atomic E-state index is -2.01. The van der Waals surface area contributed by atoms with Crippen LogP contribution in [0.3, 0.4) is 0 Å². The van der Waals surface area contributed by atoms with Crippen molar-refractivity contribution in [2.45, 2.75) is 124 Å². The van der Waals surface area contributed by atoms with E-state index in [-0.39, 0.29) is 24.5 Å². The summed E-state index contributed by atoms with van der Waals surface area (Å²) in [6.45, 7) is 17.6. The maximum atomic E-state index is 13.4. The number of carbonyl (C=O) groups is 3. The molecule has 2 N–H and O–H groups in total. The highest BCUT2D eigenvalue weighted by atomic mass is 28.4. The molecule has 0 aromatic heterocycles. The fourth-order valence-corrected chi connectivity index (χ4v) is 6.99. The van der Waals surface area contributed by atoms with Crippen LogP contribution in [0.15, 0.2) is 0 Å². The Morgan fingerprint density at radius 1 is 1.00 bits per heavy atom. The van der Waals surface area contributed by atoms with Crippen molar-refractivity contribution in [2.24, 2.45) is 11.8 Å². The number of amides is 1. The summed E-state index contributed by atoms with van der Waals surface area (Å²) in [4.78, 5) is 37.0. The van der Waals surface area contributed by atoms with Gasteiger partial charge in [-0.15, -0.1) is 0 Å². The molecule has 188 valence electrons. The van der Waals surface area contributed by atoms with E-state index in [1.54, 1.807) is 20.8 Å². The van der Waals surface area contributed by atoms with Crippen LogP contribution < -0.4 is 5.32 Å². The Hall–Kier alpha value is -1.41. The van der Waals surface area contributed by atoms with Crippen LogP contribution in [-0.2, 0) is 18.8 Å². The van der Waals surface area contributed by atoms with Gasteiger partial charge in [-0.25, -0.2) is 4.79 Å². The zero-order valence-electron chi connectivity index (χ0n) is 21.7. The Balaban J connectivity index is 5.67. The van der Waals surface area contributed by atoms with E-state index in [9.17, 15) is 14.4 Å². The van der Waals surface area contributed by atoms with Crippen LogP contribution in [0.25, 0.3) is 0 Å². The molecule has 0 aromatic carbocycles. The molecule has 0 aromatic rings. The topological polar surface area (TPSA) is 102 Å². The number of alkyl carbamates (subject to hydrolysis) is 1. The van der Waals surface area contributed by atoms with E-state index in [4.69, 9.17) is 14.3 Å². The second-order valence-corrected chi connectivity index (χ2v) is 15.0. The Morgan fingerprint density at radius 3 is 1.94 bits per heavy atom. The zero-order chi connectivity index (χ0) is 25.1. The average Bonchev–Trinajstić information content (AvgIpc) is 2.66. The average molecular weight is 474 g/mol. The number of aliphatic carboxylic acids is 1. The highest BCUT2D eigenvalue weighted by Gasteiger charge is 2.37. The molecule has 7 nitrogen and oxygen atoms in total. The lowest BCUT2D eigenvalue weighted by molar-refractivity contribution is -0.137. The number of Topliss-reactive ketones (excluding diaryl/α,β-unsaturated/α-hetero) is 1. The SMILES string of the molecule is CC[Si](CC)(CC)O[C@H](C)[C@H](NC(=O)OC(C)(C)C)C(=O)C[C@H](CCC(=O)O)CC(C)C. The number of nitrogens with one attached hydrogen (secondary N) is 1. The molecule has 3 atom stereocenters. The van der Waals surface area contributed by atoms with Gasteiger partial charge in [0.25, 0.3) is 0 Å². The van der Waals surface area contributed by atoms with Crippen molar-refractivity contribution in [1.29, 1.82) is 0 Å². The maximum Gasteiger partial charge on any atom is 0.408 e. The van der Waals surface area contributed by atoms with Gasteiger partial charge < -0.3 is 19.6 Å². The number of carboxylic acids is 1. The third-order valence-electron chi connectivity index (χ3n) is 5.92. The van der Waals surface area contributed by atoms with E-state index < -0.39 is 38.1 Å². The molecule has 32 heavy (non-hydrogen) atoms. The number of ether oxygens (including phenoxy) is 1. The lowest BCUT2D eigenvalue weighted by Crippen LogP contribution is -2.53. The van der Waals surface area contributed by atoms with Gasteiger partial charge in [-0.2, -0.15) is 0 Å². The van der Waals surface area contributed by atoms with Crippen molar-refractivity contribution in [3.8, 4) is 0 Å². The van der Waals surface area contributed by atoms with Crippen LogP contribution in [0, 0.1) is 11.8 Å². The third-order valence-corrected chi connectivity index (χ3v) is 10.7. The van der Waals surface area contributed by atoms with E-state index in [2.05, 4.69) is 39.9 Å². The molecule has 8 heteroatoms. The molecule has 0 aliphatic rings. The van der Waals surface area contributed by atoms with Crippen LogP contribution in [0.4, 0.5) is 4.79 Å². The van der Waals surface area contributed by atoms with Gasteiger partial charge in [0.15, 0.2) is 14.1 Å². The molecule has 0 heterocycles. The fourth-order valence-electron chi connectivity index (χ4n) is 4.07. The van der Waals surface area contributed by atoms with Gasteiger partial charge in [-0.05, 0) is 70.5 Å². The first-order valence-corrected chi connectivity index (χ1v) is 14.6. The number of carboxylic acid groups (broad SMARTS) is 1. The number of carbonyl (C=O) groups excluding carboxylic acids is 2. The highest BCUT2D eigenvalue weighted by Crippen LogP contribution is 2.27. The molecule has 0 aliphatic heterocycles. The molecule has 0 saturated heterocycles. The highest BCUT2D eigenvalue weighted by molar-refractivity contribution is 6.73. The summed E-state index contributed by atoms with van der Waals surface area (Å²) in [7, 11) is -2.01. The minimum Gasteiger partial charge on any atom is -0.481 e. The number of hydrogen-bond acceptors (Lipinski definition) is 5. The summed E-state index contributed by atoms with van der Waals surface area (Å²) >= 11 is 0. The largest absolute Gasteiger partial charge is 0.481 e. The van der Waals surface area contributed by atoms with Crippen LogP contribution in [0.5, 0.6) is 0 Å². The summed E-state index contributed by atoms with van der Waals surface area (Å²) < 4.78 is 11.9. The van der Waals surface area contributed by atoms with Crippen LogP contribution in [-0.4, -0.2) is 49.0 Å². The monoisotopic (exact) mass is 473 g/mol. The summed E-state index contributed by atoms with van der Waals surface area (Å²) in [5.74, 6) is -0.714. The number of rotatable bonds is 15. The predicted molar refractivity (Wildman–Crippen MR) is 130 cm³/mol. The molecule has 0 fully saturated rings. The van der Waals surface area contributed by atoms with E-state index in [1.165, 1.54) is 0 Å². The van der Waals surface area contributed by atoms with Gasteiger partial charge in [-0.3, -0.25) is 9.59 Å². The smallest absolute Gasteiger partial charge is 0.408 e. The molecule has 0 saturated carbocycles. The fraction of sp³-hybridized carbons (Fsp3) is 0.875. The molecular formula is C24H47NO6Si. The minimum absolute atomic E-state index is 0.0262. The first-order valence-electron chi connectivity index (χ1n) is 12.1. The van der Waals surface area contributed by atoms with Crippen LogP contribution in [0.2, 0.25) is 18.1 Å². The first kappa shape index (κ1) is 30.6. The normalized spacial score (nSPS) is 15.2. The van der Waals surface area contributed by atoms with Crippen LogP contribution >= 0.6 is 0 Å². The first-order chi connectivity index (χ1) is 14.7. The van der Waals surface area contributed by atoms with Crippen molar-refractivity contribution >= 4 is 26.2 Å². The van der Waals surface area contributed by atoms with Gasteiger partial charge in [0.05, 0.1) is 6.10 Å². The summed E-state index contributed by atoms with van der Waals surface area (Å²) in [6, 6.07) is 1.98. The predicted octanol–water partition coefficient (Wildman–Crippen LogP) is 5.78. The van der Waals surface area contributed by atoms with Crippen molar-refractivity contribution in [3.63, 3.8) is 0 Å². The molecule has 0 bridgehead atoms. The van der Waals surface area contributed by atoms with E-state index in [0.717, 1.165) is 24.6 Å². The van der Waals surface area contributed by atoms with Gasteiger partial charge in [-0.1, -0.05) is 34.6 Å². The Morgan fingerprint density at radius 2 is 1.53 bits per heavy atom. The summed E-state index contributed by atoms with van der Waals surface area (Å²) in [6.07, 6.45) is 0.294. The van der Waals surface area contributed by atoms with Crippen molar-refractivity contribution in [1.82, 2.24) is 5.32 Å². The Bertz CT molecular complexity index is 590. The van der Waals surface area contributed by atoms with Gasteiger partial charge in [0, 0.05) is 12.8 Å². The van der Waals surface area contributed by atoms with Crippen LogP contribution in [0.1, 0.15) is 88.0 Å². The second kappa shape index (κ2) is 14.0. The Kier molecular flexibility index (Phi) is 13.4. The van der Waals surface area contributed by atoms with Crippen molar-refractivity contribution in [3.05, 3.63) is 0 Å². The quantitative estimate of drug-likeness (QED) is 0.292. The third kappa shape index (κ3) is 12.0. The molecule has 0 radical (unpaired) electrons. The molecular weight excluding hydrogens is 426 g/mol. The van der Waals surface area contributed by atoms with Crippen molar-refractivity contribution in [2.75, 3.05) is 0 Å². The summed E-state index contributed by atoms with van der Waals surface area (Å²) in [5.41, 5.74) is -0.682. The van der Waals surface area contributed by atoms with Gasteiger partial charge >= 0.3 is 12.1 Å². The van der Waals surface area contributed by atoms with Crippen molar-refractivity contribution < 1.29 is 28.7 Å². The maximum absolute atomic E-state index is 13.4. The van der Waals surface area contributed by atoms with E-state index >= 15 is 0 Å². The number of ketones is 1. The van der Waals surface area contributed by atoms with Gasteiger partial charge in [0.1, 0.15) is 11.6 Å². The van der Waals surface area contributed by atoms with E-state index in [1.807, 2.05) is 6.92 Å². The zero-order valence-corrected chi connectivity index (χ0v) is 22.7. The lowest BCUT2D eigenvalue weighted by Gasteiger charge is -2.35.